The number of rotatable bonds is 5. The molecule has 6 nitrogen and oxygen atoms in total. The van der Waals surface area contributed by atoms with Crippen molar-refractivity contribution in [3.8, 4) is 0 Å². The summed E-state index contributed by atoms with van der Waals surface area (Å²) in [6.07, 6.45) is 2.69. The van der Waals surface area contributed by atoms with Gasteiger partial charge in [-0.1, -0.05) is 24.3 Å². The van der Waals surface area contributed by atoms with Gasteiger partial charge in [-0.2, -0.15) is 0 Å². The van der Waals surface area contributed by atoms with Gasteiger partial charge in [0.2, 0.25) is 5.91 Å². The Morgan fingerprint density at radius 2 is 1.66 bits per heavy atom. The normalized spacial score (nSPS) is 18.4. The first-order valence-corrected chi connectivity index (χ1v) is 10.4. The number of hydrogen-bond donors (Lipinski definition) is 1. The van der Waals surface area contributed by atoms with Crippen LogP contribution in [0.25, 0.3) is 10.8 Å². The average Bonchev–Trinajstić information content (AvgIpc) is 2.74. The number of carbonyl (C=O) groups excluding carboxylic acids is 3. The highest BCUT2D eigenvalue weighted by atomic mass is 16.2. The fourth-order valence-electron chi connectivity index (χ4n) is 4.50. The van der Waals surface area contributed by atoms with Gasteiger partial charge in [0.1, 0.15) is 0 Å². The molecule has 2 aromatic carbocycles. The third-order valence-electron chi connectivity index (χ3n) is 6.26. The Labute approximate surface area is 170 Å². The fraction of sp³-hybridized carbons (Fsp3) is 0.435. The maximum atomic E-state index is 12.9. The molecule has 3 amide bonds. The zero-order valence-electron chi connectivity index (χ0n) is 16.8. The van der Waals surface area contributed by atoms with Gasteiger partial charge in [0.15, 0.2) is 0 Å². The summed E-state index contributed by atoms with van der Waals surface area (Å²) in [5, 5.41) is 1.63. The molecule has 2 aliphatic heterocycles. The lowest BCUT2D eigenvalue weighted by atomic mass is 9.91. The molecule has 0 spiro atoms. The zero-order valence-corrected chi connectivity index (χ0v) is 16.8. The van der Waals surface area contributed by atoms with Crippen molar-refractivity contribution < 1.29 is 14.4 Å². The molecule has 1 saturated heterocycles. The topological polar surface area (TPSA) is 83.7 Å². The predicted molar refractivity (Wildman–Crippen MR) is 112 cm³/mol. The summed E-state index contributed by atoms with van der Waals surface area (Å²) in [6.45, 7) is 3.75. The molecule has 0 saturated carbocycles. The molecule has 2 heterocycles. The number of carbonyl (C=O) groups is 3. The summed E-state index contributed by atoms with van der Waals surface area (Å²) >= 11 is 0. The SMILES string of the molecule is CC(N)C1CCN(C(=O)CCCN2C(=O)c3cccc4cccc(c34)C2=O)CC1. The van der Waals surface area contributed by atoms with Crippen LogP contribution in [0.4, 0.5) is 0 Å². The van der Waals surface area contributed by atoms with Crippen LogP contribution < -0.4 is 5.73 Å². The maximum absolute atomic E-state index is 12.9. The molecular formula is C23H27N3O3. The fourth-order valence-corrected chi connectivity index (χ4v) is 4.50. The minimum absolute atomic E-state index is 0.0903. The third-order valence-corrected chi connectivity index (χ3v) is 6.26. The van der Waals surface area contributed by atoms with E-state index in [0.717, 1.165) is 36.7 Å². The largest absolute Gasteiger partial charge is 0.343 e. The molecule has 2 aromatic rings. The Morgan fingerprint density at radius 1 is 1.07 bits per heavy atom. The Balaban J connectivity index is 1.38. The van der Waals surface area contributed by atoms with E-state index in [-0.39, 0.29) is 30.3 Å². The van der Waals surface area contributed by atoms with E-state index in [1.54, 1.807) is 12.1 Å². The van der Waals surface area contributed by atoms with Crippen LogP contribution >= 0.6 is 0 Å². The number of nitrogens with two attached hydrogens (primary N) is 1. The van der Waals surface area contributed by atoms with Crippen LogP contribution in [-0.4, -0.2) is 53.2 Å². The van der Waals surface area contributed by atoms with Gasteiger partial charge in [0.05, 0.1) is 0 Å². The van der Waals surface area contributed by atoms with Crippen LogP contribution in [0.5, 0.6) is 0 Å². The summed E-state index contributed by atoms with van der Waals surface area (Å²) in [4.78, 5) is 41.5. The molecule has 152 valence electrons. The number of nitrogens with zero attached hydrogens (tertiary/aromatic N) is 2. The molecule has 6 heteroatoms. The van der Waals surface area contributed by atoms with E-state index >= 15 is 0 Å². The van der Waals surface area contributed by atoms with E-state index in [1.807, 2.05) is 36.1 Å². The van der Waals surface area contributed by atoms with Gasteiger partial charge in [-0.3, -0.25) is 19.3 Å². The van der Waals surface area contributed by atoms with Crippen LogP contribution in [0.15, 0.2) is 36.4 Å². The van der Waals surface area contributed by atoms with Crippen LogP contribution in [0.2, 0.25) is 0 Å². The van der Waals surface area contributed by atoms with Gasteiger partial charge < -0.3 is 10.6 Å². The minimum Gasteiger partial charge on any atom is -0.343 e. The highest BCUT2D eigenvalue weighted by molar-refractivity contribution is 6.25. The second kappa shape index (κ2) is 7.95. The van der Waals surface area contributed by atoms with Crippen molar-refractivity contribution in [2.45, 2.75) is 38.6 Å². The first kappa shape index (κ1) is 19.6. The monoisotopic (exact) mass is 393 g/mol. The molecule has 2 N–H and O–H groups in total. The number of amides is 3. The summed E-state index contributed by atoms with van der Waals surface area (Å²) in [5.74, 6) is 0.0203. The van der Waals surface area contributed by atoms with E-state index in [0.29, 0.717) is 29.9 Å². The molecule has 0 bridgehead atoms. The molecule has 1 atom stereocenters. The Hall–Kier alpha value is -2.73. The molecule has 4 rings (SSSR count). The summed E-state index contributed by atoms with van der Waals surface area (Å²) in [7, 11) is 0. The van der Waals surface area contributed by atoms with Crippen molar-refractivity contribution in [2.24, 2.45) is 11.7 Å². The van der Waals surface area contributed by atoms with Crippen molar-refractivity contribution in [1.29, 1.82) is 0 Å². The van der Waals surface area contributed by atoms with Crippen LogP contribution in [0.3, 0.4) is 0 Å². The van der Waals surface area contributed by atoms with Gasteiger partial charge >= 0.3 is 0 Å². The Morgan fingerprint density at radius 3 is 2.21 bits per heavy atom. The van der Waals surface area contributed by atoms with Crippen molar-refractivity contribution in [1.82, 2.24) is 9.80 Å². The van der Waals surface area contributed by atoms with E-state index in [2.05, 4.69) is 0 Å². The van der Waals surface area contributed by atoms with Crippen molar-refractivity contribution in [3.05, 3.63) is 47.5 Å². The molecule has 29 heavy (non-hydrogen) atoms. The minimum atomic E-state index is -0.274. The van der Waals surface area contributed by atoms with Crippen molar-refractivity contribution in [3.63, 3.8) is 0 Å². The molecule has 0 aliphatic carbocycles. The van der Waals surface area contributed by atoms with Crippen LogP contribution in [0, 0.1) is 5.92 Å². The lowest BCUT2D eigenvalue weighted by Crippen LogP contribution is -2.43. The number of likely N-dealkylation sites (tertiary alicyclic amines) is 1. The second-order valence-electron chi connectivity index (χ2n) is 8.15. The lowest BCUT2D eigenvalue weighted by molar-refractivity contribution is -0.132. The van der Waals surface area contributed by atoms with E-state index in [4.69, 9.17) is 5.73 Å². The Kier molecular flexibility index (Phi) is 5.37. The average molecular weight is 393 g/mol. The smallest absolute Gasteiger partial charge is 0.261 e. The van der Waals surface area contributed by atoms with Crippen molar-refractivity contribution >= 4 is 28.5 Å². The van der Waals surface area contributed by atoms with Gasteiger partial charge in [0, 0.05) is 48.6 Å². The van der Waals surface area contributed by atoms with Gasteiger partial charge in [-0.25, -0.2) is 0 Å². The molecule has 1 fully saturated rings. The van der Waals surface area contributed by atoms with Crippen LogP contribution in [-0.2, 0) is 4.79 Å². The van der Waals surface area contributed by atoms with Gasteiger partial charge in [-0.05, 0) is 49.6 Å². The number of benzene rings is 2. The first-order chi connectivity index (χ1) is 14.0. The predicted octanol–water partition coefficient (Wildman–Crippen LogP) is 2.80. The highest BCUT2D eigenvalue weighted by Gasteiger charge is 2.32. The summed E-state index contributed by atoms with van der Waals surface area (Å²) in [5.41, 5.74) is 7.08. The lowest BCUT2D eigenvalue weighted by Gasteiger charge is -2.34. The van der Waals surface area contributed by atoms with E-state index in [9.17, 15) is 14.4 Å². The van der Waals surface area contributed by atoms with Gasteiger partial charge in [-0.15, -0.1) is 0 Å². The summed E-state index contributed by atoms with van der Waals surface area (Å²) in [6, 6.07) is 11.2. The van der Waals surface area contributed by atoms with E-state index < -0.39 is 0 Å². The van der Waals surface area contributed by atoms with Crippen molar-refractivity contribution in [2.75, 3.05) is 19.6 Å². The summed E-state index contributed by atoms with van der Waals surface area (Å²) < 4.78 is 0. The standard InChI is InChI=1S/C23H27N3O3/c1-15(24)16-10-13-25(14-11-16)20(27)9-4-12-26-22(28)18-7-2-5-17-6-3-8-19(21(17)18)23(26)29/h2-3,5-8,15-16H,4,9-14,24H2,1H3. The van der Waals surface area contributed by atoms with Crippen LogP contribution in [0.1, 0.15) is 53.3 Å². The molecule has 0 radical (unpaired) electrons. The Bertz CT molecular complexity index is 910. The number of piperidine rings is 1. The number of imide groups is 1. The zero-order chi connectivity index (χ0) is 20.5. The first-order valence-electron chi connectivity index (χ1n) is 10.4. The molecule has 1 unspecified atom stereocenters. The van der Waals surface area contributed by atoms with Gasteiger partial charge in [0.25, 0.3) is 11.8 Å². The second-order valence-corrected chi connectivity index (χ2v) is 8.15. The number of hydrogen-bond acceptors (Lipinski definition) is 4. The quantitative estimate of drug-likeness (QED) is 0.792. The molecular weight excluding hydrogens is 366 g/mol. The van der Waals surface area contributed by atoms with E-state index in [1.165, 1.54) is 4.90 Å². The maximum Gasteiger partial charge on any atom is 0.261 e. The third kappa shape index (κ3) is 3.65. The highest BCUT2D eigenvalue weighted by Crippen LogP contribution is 2.30. The molecule has 2 aliphatic rings. The molecule has 0 aromatic heterocycles.